The van der Waals surface area contributed by atoms with Gasteiger partial charge in [0.25, 0.3) is 5.91 Å². The van der Waals surface area contributed by atoms with Gasteiger partial charge in [-0.15, -0.1) is 0 Å². The van der Waals surface area contributed by atoms with E-state index in [0.717, 1.165) is 24.4 Å². The van der Waals surface area contributed by atoms with E-state index in [1.165, 1.54) is 23.2 Å². The largest absolute Gasteiger partial charge is 0.369 e. The molecule has 0 unspecified atom stereocenters. The third kappa shape index (κ3) is 3.38. The molecule has 0 aromatic heterocycles. The van der Waals surface area contributed by atoms with Crippen LogP contribution in [0.15, 0.2) is 24.3 Å². The standard InChI is InChI=1S/C19H26N4O3/c1-14-7-4-5-8-15(14)22-9-6-10-23(12-11-22)17(24)13-16-18(25)21(3)19(26)20(16)2/h4-5,7-8,16H,6,9-13H2,1-3H3/t16-/m1/s1. The van der Waals surface area contributed by atoms with E-state index < -0.39 is 6.04 Å². The van der Waals surface area contributed by atoms with Crippen molar-refractivity contribution in [2.75, 3.05) is 45.2 Å². The Hall–Kier alpha value is -2.57. The Kier molecular flexibility index (Phi) is 5.15. The fourth-order valence-corrected chi connectivity index (χ4v) is 3.70. The zero-order valence-corrected chi connectivity index (χ0v) is 15.6. The first-order chi connectivity index (χ1) is 12.4. The number of nitrogens with zero attached hydrogens (tertiary/aromatic N) is 4. The maximum absolute atomic E-state index is 12.7. The Morgan fingerprint density at radius 2 is 1.81 bits per heavy atom. The van der Waals surface area contributed by atoms with Gasteiger partial charge in [0, 0.05) is 46.0 Å². The lowest BCUT2D eigenvalue weighted by Gasteiger charge is -2.26. The average molecular weight is 358 g/mol. The summed E-state index contributed by atoms with van der Waals surface area (Å²) < 4.78 is 0. The number of carbonyl (C=O) groups excluding carboxylic acids is 3. The molecule has 3 rings (SSSR count). The number of likely N-dealkylation sites (N-methyl/N-ethyl adjacent to an activating group) is 2. The first-order valence-electron chi connectivity index (χ1n) is 9.03. The van der Waals surface area contributed by atoms with Crippen molar-refractivity contribution >= 4 is 23.5 Å². The van der Waals surface area contributed by atoms with Crippen molar-refractivity contribution in [1.82, 2.24) is 14.7 Å². The lowest BCUT2D eigenvalue weighted by atomic mass is 10.1. The number of carbonyl (C=O) groups is 3. The number of para-hydroxylation sites is 1. The minimum absolute atomic E-state index is 0.0514. The molecular weight excluding hydrogens is 332 g/mol. The average Bonchev–Trinajstić information content (AvgIpc) is 2.84. The van der Waals surface area contributed by atoms with Gasteiger partial charge < -0.3 is 14.7 Å². The molecule has 7 nitrogen and oxygen atoms in total. The quantitative estimate of drug-likeness (QED) is 0.765. The van der Waals surface area contributed by atoms with Gasteiger partial charge in [0.15, 0.2) is 0 Å². The van der Waals surface area contributed by atoms with Gasteiger partial charge in [0.2, 0.25) is 5.91 Å². The summed E-state index contributed by atoms with van der Waals surface area (Å²) in [6.45, 7) is 5.07. The maximum atomic E-state index is 12.7. The number of anilines is 1. The van der Waals surface area contributed by atoms with Crippen molar-refractivity contribution in [3.05, 3.63) is 29.8 Å². The molecule has 1 aromatic carbocycles. The summed E-state index contributed by atoms with van der Waals surface area (Å²) in [4.78, 5) is 43.3. The van der Waals surface area contributed by atoms with E-state index in [-0.39, 0.29) is 24.3 Å². The SMILES string of the molecule is Cc1ccccc1N1CCCN(C(=O)C[C@@H]2C(=O)N(C)C(=O)N2C)CC1. The zero-order chi connectivity index (χ0) is 18.8. The van der Waals surface area contributed by atoms with Crippen molar-refractivity contribution < 1.29 is 14.4 Å². The van der Waals surface area contributed by atoms with Crippen LogP contribution >= 0.6 is 0 Å². The summed E-state index contributed by atoms with van der Waals surface area (Å²) >= 11 is 0. The van der Waals surface area contributed by atoms with E-state index in [1.807, 2.05) is 17.0 Å². The molecule has 1 atom stereocenters. The number of hydrogen-bond acceptors (Lipinski definition) is 4. The lowest BCUT2D eigenvalue weighted by molar-refractivity contribution is -0.136. The highest BCUT2D eigenvalue weighted by molar-refractivity contribution is 6.05. The van der Waals surface area contributed by atoms with Gasteiger partial charge in [-0.2, -0.15) is 0 Å². The summed E-state index contributed by atoms with van der Waals surface area (Å²) in [5.41, 5.74) is 2.44. The summed E-state index contributed by atoms with van der Waals surface area (Å²) in [5.74, 6) is -0.368. The molecule has 0 aliphatic carbocycles. The van der Waals surface area contributed by atoms with Crippen LogP contribution in [0.4, 0.5) is 10.5 Å². The number of rotatable bonds is 3. The van der Waals surface area contributed by atoms with E-state index >= 15 is 0 Å². The first kappa shape index (κ1) is 18.2. The van der Waals surface area contributed by atoms with E-state index in [2.05, 4.69) is 24.0 Å². The van der Waals surface area contributed by atoms with Gasteiger partial charge in [-0.25, -0.2) is 4.79 Å². The monoisotopic (exact) mass is 358 g/mol. The molecule has 0 bridgehead atoms. The van der Waals surface area contributed by atoms with Gasteiger partial charge in [0.1, 0.15) is 6.04 Å². The Balaban J connectivity index is 1.62. The molecule has 2 aliphatic heterocycles. The molecule has 2 aliphatic rings. The van der Waals surface area contributed by atoms with Gasteiger partial charge in [0.05, 0.1) is 6.42 Å². The smallest absolute Gasteiger partial charge is 0.326 e. The second-order valence-corrected chi connectivity index (χ2v) is 7.02. The van der Waals surface area contributed by atoms with E-state index in [4.69, 9.17) is 0 Å². The highest BCUT2D eigenvalue weighted by atomic mass is 16.2. The van der Waals surface area contributed by atoms with Gasteiger partial charge >= 0.3 is 6.03 Å². The number of aryl methyl sites for hydroxylation is 1. The molecule has 0 radical (unpaired) electrons. The van der Waals surface area contributed by atoms with Crippen LogP contribution < -0.4 is 4.90 Å². The predicted octanol–water partition coefficient (Wildman–Crippen LogP) is 1.32. The van der Waals surface area contributed by atoms with Gasteiger partial charge in [-0.3, -0.25) is 14.5 Å². The van der Waals surface area contributed by atoms with Crippen molar-refractivity contribution in [1.29, 1.82) is 0 Å². The van der Waals surface area contributed by atoms with Gasteiger partial charge in [-0.05, 0) is 25.0 Å². The lowest BCUT2D eigenvalue weighted by Crippen LogP contribution is -2.41. The fourth-order valence-electron chi connectivity index (χ4n) is 3.70. The van der Waals surface area contributed by atoms with Crippen LogP contribution in [0.1, 0.15) is 18.4 Å². The predicted molar refractivity (Wildman–Crippen MR) is 98.9 cm³/mol. The number of amides is 4. The summed E-state index contributed by atoms with van der Waals surface area (Å²) in [6, 6.07) is 7.23. The molecule has 4 amide bonds. The van der Waals surface area contributed by atoms with Crippen molar-refractivity contribution in [2.45, 2.75) is 25.8 Å². The molecule has 1 aromatic rings. The molecule has 0 N–H and O–H groups in total. The third-order valence-electron chi connectivity index (χ3n) is 5.34. The normalized spacial score (nSPS) is 21.4. The van der Waals surface area contributed by atoms with E-state index in [0.29, 0.717) is 13.1 Å². The highest BCUT2D eigenvalue weighted by Crippen LogP contribution is 2.22. The van der Waals surface area contributed by atoms with Crippen LogP contribution in [0.2, 0.25) is 0 Å². The Morgan fingerprint density at radius 1 is 1.08 bits per heavy atom. The third-order valence-corrected chi connectivity index (χ3v) is 5.34. The molecule has 2 fully saturated rings. The number of benzene rings is 1. The van der Waals surface area contributed by atoms with E-state index in [1.54, 1.807) is 7.05 Å². The second-order valence-electron chi connectivity index (χ2n) is 7.02. The van der Waals surface area contributed by atoms with Crippen LogP contribution in [0.25, 0.3) is 0 Å². The number of urea groups is 1. The second kappa shape index (κ2) is 7.35. The number of hydrogen-bond donors (Lipinski definition) is 0. The van der Waals surface area contributed by atoms with Crippen LogP contribution in [0.5, 0.6) is 0 Å². The zero-order valence-electron chi connectivity index (χ0n) is 15.6. The minimum atomic E-state index is -0.685. The summed E-state index contributed by atoms with van der Waals surface area (Å²) in [7, 11) is 3.03. The number of imide groups is 1. The Bertz CT molecular complexity index is 720. The van der Waals surface area contributed by atoms with Crippen molar-refractivity contribution in [3.63, 3.8) is 0 Å². The summed E-state index contributed by atoms with van der Waals surface area (Å²) in [5, 5.41) is 0. The Labute approximate surface area is 154 Å². The molecule has 2 saturated heterocycles. The van der Waals surface area contributed by atoms with Crippen LogP contribution in [-0.2, 0) is 9.59 Å². The highest BCUT2D eigenvalue weighted by Gasteiger charge is 2.42. The van der Waals surface area contributed by atoms with Crippen molar-refractivity contribution in [3.8, 4) is 0 Å². The molecular formula is C19H26N4O3. The van der Waals surface area contributed by atoms with Crippen LogP contribution in [0.3, 0.4) is 0 Å². The van der Waals surface area contributed by atoms with Gasteiger partial charge in [-0.1, -0.05) is 18.2 Å². The van der Waals surface area contributed by atoms with Crippen molar-refractivity contribution in [2.24, 2.45) is 0 Å². The molecule has 0 saturated carbocycles. The fraction of sp³-hybridized carbons (Fsp3) is 0.526. The topological polar surface area (TPSA) is 64.2 Å². The molecule has 140 valence electrons. The molecule has 7 heteroatoms. The van der Waals surface area contributed by atoms with Crippen LogP contribution in [0, 0.1) is 6.92 Å². The van der Waals surface area contributed by atoms with E-state index in [9.17, 15) is 14.4 Å². The minimum Gasteiger partial charge on any atom is -0.369 e. The van der Waals surface area contributed by atoms with Crippen LogP contribution in [-0.4, -0.2) is 78.9 Å². The first-order valence-corrected chi connectivity index (χ1v) is 9.03. The summed E-state index contributed by atoms with van der Waals surface area (Å²) in [6.07, 6.45) is 0.934. The molecule has 0 spiro atoms. The molecule has 2 heterocycles. The maximum Gasteiger partial charge on any atom is 0.326 e. The molecule has 26 heavy (non-hydrogen) atoms. The Morgan fingerprint density at radius 3 is 2.46 bits per heavy atom.